The minimum absolute atomic E-state index is 0.0673. The summed E-state index contributed by atoms with van der Waals surface area (Å²) in [6.07, 6.45) is 1.60. The molecule has 0 spiro atoms. The molecule has 0 aromatic carbocycles. The molecule has 0 saturated heterocycles. The number of carbonyl (C=O) groups excluding carboxylic acids is 1. The van der Waals surface area contributed by atoms with Gasteiger partial charge in [-0.05, 0) is 25.0 Å². The zero-order valence-corrected chi connectivity index (χ0v) is 10.4. The highest BCUT2D eigenvalue weighted by Crippen LogP contribution is 2.14. The second-order valence-electron chi connectivity index (χ2n) is 4.53. The second kappa shape index (κ2) is 5.63. The molecule has 0 aliphatic rings. The molecule has 1 aromatic rings. The van der Waals surface area contributed by atoms with Crippen LogP contribution in [-0.2, 0) is 0 Å². The minimum atomic E-state index is -0.915. The number of rotatable bonds is 4. The Bertz CT molecular complexity index is 363. The number of carbonyl (C=O) groups is 1. The summed E-state index contributed by atoms with van der Waals surface area (Å²) in [6, 6.07) is 4.88. The highest BCUT2D eigenvalue weighted by molar-refractivity contribution is 5.88. The third-order valence-corrected chi connectivity index (χ3v) is 2.76. The van der Waals surface area contributed by atoms with E-state index in [1.165, 1.54) is 0 Å². The Hall–Kier alpha value is -1.62. The Morgan fingerprint density at radius 2 is 2.24 bits per heavy atom. The summed E-state index contributed by atoms with van der Waals surface area (Å²) < 4.78 is 0. The quantitative estimate of drug-likeness (QED) is 0.744. The van der Waals surface area contributed by atoms with E-state index in [9.17, 15) is 9.90 Å². The van der Waals surface area contributed by atoms with Crippen LogP contribution in [0.1, 0.15) is 20.8 Å². The Morgan fingerprint density at radius 1 is 1.53 bits per heavy atom. The minimum Gasteiger partial charge on any atom is -0.388 e. The summed E-state index contributed by atoms with van der Waals surface area (Å²) in [4.78, 5) is 15.5. The summed E-state index contributed by atoms with van der Waals surface area (Å²) in [5.41, 5.74) is -0.915. The van der Waals surface area contributed by atoms with Gasteiger partial charge in [-0.2, -0.15) is 0 Å². The fraction of sp³-hybridized carbons (Fsp3) is 0.500. The lowest BCUT2D eigenvalue weighted by Gasteiger charge is -2.27. The van der Waals surface area contributed by atoms with Crippen molar-refractivity contribution < 1.29 is 9.90 Å². The molecule has 0 aliphatic carbocycles. The highest BCUT2D eigenvalue weighted by Gasteiger charge is 2.25. The molecular formula is C12H19N3O2. The first kappa shape index (κ1) is 13.4. The maximum atomic E-state index is 11.5. The first-order valence-electron chi connectivity index (χ1n) is 5.60. The SMILES string of the molecule is CC(C)[C@@](C)(O)CNC(=O)Nc1ccccn1. The number of urea groups is 1. The van der Waals surface area contributed by atoms with E-state index >= 15 is 0 Å². The van der Waals surface area contributed by atoms with Gasteiger partial charge in [0, 0.05) is 12.7 Å². The van der Waals surface area contributed by atoms with Gasteiger partial charge in [-0.3, -0.25) is 5.32 Å². The third-order valence-electron chi connectivity index (χ3n) is 2.76. The van der Waals surface area contributed by atoms with Gasteiger partial charge in [0.2, 0.25) is 0 Å². The van der Waals surface area contributed by atoms with Gasteiger partial charge < -0.3 is 10.4 Å². The number of hydrogen-bond acceptors (Lipinski definition) is 3. The summed E-state index contributed by atoms with van der Waals surface area (Å²) >= 11 is 0. The lowest BCUT2D eigenvalue weighted by atomic mass is 9.93. The van der Waals surface area contributed by atoms with Crippen LogP contribution in [0.3, 0.4) is 0 Å². The predicted molar refractivity (Wildman–Crippen MR) is 66.7 cm³/mol. The predicted octanol–water partition coefficient (Wildman–Crippen LogP) is 1.61. The lowest BCUT2D eigenvalue weighted by Crippen LogP contribution is -2.45. The monoisotopic (exact) mass is 237 g/mol. The standard InChI is InChI=1S/C12H19N3O2/c1-9(2)12(3,17)8-14-11(16)15-10-6-4-5-7-13-10/h4-7,9,17H,8H2,1-3H3,(H2,13,14,15,16)/t12-/m0/s1. The van der Waals surface area contributed by atoms with Crippen LogP contribution < -0.4 is 10.6 Å². The van der Waals surface area contributed by atoms with Crippen molar-refractivity contribution in [1.29, 1.82) is 0 Å². The van der Waals surface area contributed by atoms with Crippen LogP contribution in [-0.4, -0.2) is 28.3 Å². The normalized spacial score (nSPS) is 14.2. The number of nitrogens with one attached hydrogen (secondary N) is 2. The van der Waals surface area contributed by atoms with Crippen LogP contribution in [0.4, 0.5) is 10.6 Å². The number of amides is 2. The van der Waals surface area contributed by atoms with Gasteiger partial charge in [0.1, 0.15) is 5.82 Å². The van der Waals surface area contributed by atoms with Crippen LogP contribution >= 0.6 is 0 Å². The first-order valence-corrected chi connectivity index (χ1v) is 5.60. The molecule has 0 bridgehead atoms. The number of pyridine rings is 1. The topological polar surface area (TPSA) is 74.2 Å². The molecule has 0 aliphatic heterocycles. The molecule has 94 valence electrons. The average molecular weight is 237 g/mol. The molecule has 3 N–H and O–H groups in total. The molecule has 0 unspecified atom stereocenters. The molecule has 5 heteroatoms. The summed E-state index contributed by atoms with van der Waals surface area (Å²) in [7, 11) is 0. The van der Waals surface area contributed by atoms with E-state index in [4.69, 9.17) is 0 Å². The van der Waals surface area contributed by atoms with Gasteiger partial charge in [-0.25, -0.2) is 9.78 Å². The maximum absolute atomic E-state index is 11.5. The smallest absolute Gasteiger partial charge is 0.320 e. The van der Waals surface area contributed by atoms with Crippen molar-refractivity contribution in [2.24, 2.45) is 5.92 Å². The lowest BCUT2D eigenvalue weighted by molar-refractivity contribution is 0.0170. The van der Waals surface area contributed by atoms with Crippen molar-refractivity contribution in [2.45, 2.75) is 26.4 Å². The van der Waals surface area contributed by atoms with Crippen molar-refractivity contribution in [2.75, 3.05) is 11.9 Å². The fourth-order valence-corrected chi connectivity index (χ4v) is 1.06. The van der Waals surface area contributed by atoms with Gasteiger partial charge >= 0.3 is 6.03 Å². The van der Waals surface area contributed by atoms with Crippen molar-refractivity contribution in [3.8, 4) is 0 Å². The van der Waals surface area contributed by atoms with Gasteiger partial charge in [-0.15, -0.1) is 0 Å². The largest absolute Gasteiger partial charge is 0.388 e. The van der Waals surface area contributed by atoms with E-state index in [1.807, 2.05) is 13.8 Å². The number of nitrogens with zero attached hydrogens (tertiary/aromatic N) is 1. The zero-order valence-electron chi connectivity index (χ0n) is 10.4. The molecule has 2 amide bonds. The number of hydrogen-bond donors (Lipinski definition) is 3. The Labute approximate surface area is 101 Å². The van der Waals surface area contributed by atoms with Gasteiger partial charge in [0.05, 0.1) is 5.60 Å². The number of anilines is 1. The maximum Gasteiger partial charge on any atom is 0.320 e. The molecule has 1 atom stereocenters. The van der Waals surface area contributed by atoms with E-state index in [0.717, 1.165) is 0 Å². The van der Waals surface area contributed by atoms with Crippen molar-refractivity contribution >= 4 is 11.8 Å². The summed E-state index contributed by atoms with van der Waals surface area (Å²) in [5.74, 6) is 0.548. The van der Waals surface area contributed by atoms with E-state index in [2.05, 4.69) is 15.6 Å². The fourth-order valence-electron chi connectivity index (χ4n) is 1.06. The Balaban J connectivity index is 2.41. The molecule has 0 fully saturated rings. The third kappa shape index (κ3) is 4.40. The molecule has 17 heavy (non-hydrogen) atoms. The second-order valence-corrected chi connectivity index (χ2v) is 4.53. The Morgan fingerprint density at radius 3 is 2.76 bits per heavy atom. The Kier molecular flexibility index (Phi) is 4.45. The molecule has 1 rings (SSSR count). The highest BCUT2D eigenvalue weighted by atomic mass is 16.3. The van der Waals surface area contributed by atoms with Crippen LogP contribution in [0, 0.1) is 5.92 Å². The molecule has 5 nitrogen and oxygen atoms in total. The first-order chi connectivity index (χ1) is 7.92. The van der Waals surface area contributed by atoms with Crippen LogP contribution in [0.15, 0.2) is 24.4 Å². The van der Waals surface area contributed by atoms with Gasteiger partial charge in [-0.1, -0.05) is 19.9 Å². The summed E-state index contributed by atoms with van der Waals surface area (Å²) in [6.45, 7) is 5.69. The van der Waals surface area contributed by atoms with Crippen LogP contribution in [0.25, 0.3) is 0 Å². The zero-order chi connectivity index (χ0) is 12.9. The van der Waals surface area contributed by atoms with E-state index < -0.39 is 5.60 Å². The molecule has 1 heterocycles. The molecule has 0 saturated carbocycles. The van der Waals surface area contributed by atoms with Crippen molar-refractivity contribution in [1.82, 2.24) is 10.3 Å². The van der Waals surface area contributed by atoms with Crippen LogP contribution in [0.5, 0.6) is 0 Å². The molecular weight excluding hydrogens is 218 g/mol. The average Bonchev–Trinajstić information content (AvgIpc) is 2.28. The van der Waals surface area contributed by atoms with E-state index in [0.29, 0.717) is 5.82 Å². The molecule has 1 aromatic heterocycles. The number of aromatic nitrogens is 1. The number of aliphatic hydroxyl groups is 1. The van der Waals surface area contributed by atoms with Gasteiger partial charge in [0.25, 0.3) is 0 Å². The van der Waals surface area contributed by atoms with Crippen molar-refractivity contribution in [3.63, 3.8) is 0 Å². The van der Waals surface area contributed by atoms with Gasteiger partial charge in [0.15, 0.2) is 0 Å². The van der Waals surface area contributed by atoms with E-state index in [-0.39, 0.29) is 18.5 Å². The van der Waals surface area contributed by atoms with Crippen LogP contribution in [0.2, 0.25) is 0 Å². The van der Waals surface area contributed by atoms with E-state index in [1.54, 1.807) is 31.3 Å². The van der Waals surface area contributed by atoms with Crippen molar-refractivity contribution in [3.05, 3.63) is 24.4 Å². The molecule has 0 radical (unpaired) electrons. The summed E-state index contributed by atoms with van der Waals surface area (Å²) in [5, 5.41) is 15.1.